The van der Waals surface area contributed by atoms with Crippen LogP contribution < -0.4 is 5.32 Å². The molecule has 2 nitrogen and oxygen atoms in total. The van der Waals surface area contributed by atoms with Gasteiger partial charge in [0.25, 0.3) is 0 Å². The minimum atomic E-state index is -0.0409. The maximum Gasteiger partial charge on any atom is 0.217 e. The maximum absolute atomic E-state index is 10.8. The van der Waals surface area contributed by atoms with Gasteiger partial charge in [0.1, 0.15) is 0 Å². The van der Waals surface area contributed by atoms with Crippen molar-refractivity contribution in [2.24, 2.45) is 5.92 Å². The van der Waals surface area contributed by atoms with Gasteiger partial charge >= 0.3 is 0 Å². The molecule has 0 saturated heterocycles. The molecule has 0 atom stereocenters. The van der Waals surface area contributed by atoms with E-state index in [1.807, 2.05) is 0 Å². The lowest BCUT2D eigenvalue weighted by Crippen LogP contribution is -2.42. The lowest BCUT2D eigenvalue weighted by Gasteiger charge is -2.25. The molecule has 0 fully saturated rings. The van der Waals surface area contributed by atoms with E-state index in [4.69, 9.17) is 0 Å². The number of rotatable bonds is 5. The van der Waals surface area contributed by atoms with Crippen molar-refractivity contribution in [2.45, 2.75) is 59.4 Å². The maximum atomic E-state index is 10.8. The van der Waals surface area contributed by atoms with Crippen molar-refractivity contribution in [1.29, 1.82) is 0 Å². The van der Waals surface area contributed by atoms with E-state index >= 15 is 0 Å². The van der Waals surface area contributed by atoms with Crippen molar-refractivity contribution < 1.29 is 4.79 Å². The molecule has 2 heteroatoms. The first-order chi connectivity index (χ1) is 5.83. The highest BCUT2D eigenvalue weighted by molar-refractivity contribution is 5.73. The summed E-state index contributed by atoms with van der Waals surface area (Å²) in [5.41, 5.74) is -0.0409. The molecule has 0 spiro atoms. The van der Waals surface area contributed by atoms with Crippen LogP contribution in [0.25, 0.3) is 0 Å². The third-order valence-electron chi connectivity index (χ3n) is 2.10. The highest BCUT2D eigenvalue weighted by atomic mass is 16.1. The fraction of sp³-hybridized carbons (Fsp3) is 0.909. The molecule has 0 rings (SSSR count). The molecule has 0 heterocycles. The minimum absolute atomic E-state index is 0.0409. The van der Waals surface area contributed by atoms with E-state index in [2.05, 4.69) is 33.0 Å². The molecule has 0 aliphatic heterocycles. The van der Waals surface area contributed by atoms with Gasteiger partial charge in [0, 0.05) is 12.5 Å². The summed E-state index contributed by atoms with van der Waals surface area (Å²) in [6, 6.07) is 0. The van der Waals surface area contributed by atoms with Crippen LogP contribution in [-0.2, 0) is 4.79 Å². The molecule has 0 aromatic rings. The highest BCUT2D eigenvalue weighted by Crippen LogP contribution is 2.15. The van der Waals surface area contributed by atoms with Gasteiger partial charge in [-0.1, -0.05) is 26.7 Å². The van der Waals surface area contributed by atoms with E-state index in [9.17, 15) is 4.79 Å². The lowest BCUT2D eigenvalue weighted by atomic mass is 9.94. The zero-order valence-corrected chi connectivity index (χ0v) is 9.61. The molecule has 0 aliphatic carbocycles. The molecule has 0 unspecified atom stereocenters. The summed E-state index contributed by atoms with van der Waals surface area (Å²) in [7, 11) is 0. The normalized spacial score (nSPS) is 11.8. The Morgan fingerprint density at radius 3 is 2.31 bits per heavy atom. The average Bonchev–Trinajstić information content (AvgIpc) is 1.81. The third-order valence-corrected chi connectivity index (χ3v) is 2.10. The first kappa shape index (κ1) is 12.5. The second-order valence-electron chi connectivity index (χ2n) is 4.85. The topological polar surface area (TPSA) is 29.1 Å². The summed E-state index contributed by atoms with van der Waals surface area (Å²) in [4.78, 5) is 10.8. The van der Waals surface area contributed by atoms with Gasteiger partial charge in [0.15, 0.2) is 0 Å². The van der Waals surface area contributed by atoms with E-state index in [1.165, 1.54) is 12.8 Å². The predicted molar refractivity (Wildman–Crippen MR) is 56.6 cm³/mol. The van der Waals surface area contributed by atoms with Crippen molar-refractivity contribution in [2.75, 3.05) is 0 Å². The van der Waals surface area contributed by atoms with Crippen LogP contribution in [0.5, 0.6) is 0 Å². The van der Waals surface area contributed by atoms with Crippen LogP contribution in [0.2, 0.25) is 0 Å². The largest absolute Gasteiger partial charge is 0.351 e. The van der Waals surface area contributed by atoms with Crippen molar-refractivity contribution in [3.8, 4) is 0 Å². The summed E-state index contributed by atoms with van der Waals surface area (Å²) < 4.78 is 0. The molecule has 0 aliphatic rings. The molecular weight excluding hydrogens is 162 g/mol. The molecule has 0 bridgehead atoms. The molecule has 0 radical (unpaired) electrons. The third kappa shape index (κ3) is 7.82. The fourth-order valence-corrected chi connectivity index (χ4v) is 1.49. The Bertz CT molecular complexity index is 161. The zero-order chi connectivity index (χ0) is 10.5. The quantitative estimate of drug-likeness (QED) is 0.701. The number of hydrogen-bond donors (Lipinski definition) is 1. The van der Waals surface area contributed by atoms with E-state index < -0.39 is 0 Å². The fourth-order valence-electron chi connectivity index (χ4n) is 1.49. The lowest BCUT2D eigenvalue weighted by molar-refractivity contribution is -0.120. The number of carbonyl (C=O) groups is 1. The summed E-state index contributed by atoms with van der Waals surface area (Å²) >= 11 is 0. The van der Waals surface area contributed by atoms with E-state index in [0.29, 0.717) is 0 Å². The monoisotopic (exact) mass is 185 g/mol. The SMILES string of the molecule is CC(=O)NC(C)(C)CCCC(C)C. The van der Waals surface area contributed by atoms with E-state index in [0.717, 1.165) is 12.3 Å². The van der Waals surface area contributed by atoms with Gasteiger partial charge in [-0.15, -0.1) is 0 Å². The molecule has 1 N–H and O–H groups in total. The Hall–Kier alpha value is -0.530. The Morgan fingerprint density at radius 1 is 1.38 bits per heavy atom. The second kappa shape index (κ2) is 5.25. The Balaban J connectivity index is 3.69. The Labute approximate surface area is 82.1 Å². The first-order valence-corrected chi connectivity index (χ1v) is 5.12. The summed E-state index contributed by atoms with van der Waals surface area (Å²) in [6.07, 6.45) is 3.48. The van der Waals surface area contributed by atoms with Gasteiger partial charge in [-0.2, -0.15) is 0 Å². The number of amides is 1. The van der Waals surface area contributed by atoms with Crippen LogP contribution >= 0.6 is 0 Å². The van der Waals surface area contributed by atoms with Gasteiger partial charge in [0.05, 0.1) is 0 Å². The van der Waals surface area contributed by atoms with E-state index in [1.54, 1.807) is 6.92 Å². The van der Waals surface area contributed by atoms with E-state index in [-0.39, 0.29) is 11.4 Å². The molecule has 0 aromatic heterocycles. The van der Waals surface area contributed by atoms with Crippen LogP contribution in [-0.4, -0.2) is 11.4 Å². The average molecular weight is 185 g/mol. The molecule has 0 aromatic carbocycles. The smallest absolute Gasteiger partial charge is 0.217 e. The Kier molecular flexibility index (Phi) is 5.04. The summed E-state index contributed by atoms with van der Waals surface area (Å²) in [5.74, 6) is 0.822. The number of carbonyl (C=O) groups excluding carboxylic acids is 1. The Morgan fingerprint density at radius 2 is 1.92 bits per heavy atom. The molecule has 78 valence electrons. The van der Waals surface area contributed by atoms with Crippen LogP contribution in [0.1, 0.15) is 53.9 Å². The zero-order valence-electron chi connectivity index (χ0n) is 9.61. The summed E-state index contributed by atoms with van der Waals surface area (Å²) in [5, 5.41) is 2.95. The van der Waals surface area contributed by atoms with Gasteiger partial charge in [-0.25, -0.2) is 0 Å². The van der Waals surface area contributed by atoms with Crippen molar-refractivity contribution >= 4 is 5.91 Å². The second-order valence-corrected chi connectivity index (χ2v) is 4.85. The van der Waals surface area contributed by atoms with Crippen LogP contribution in [0, 0.1) is 5.92 Å². The van der Waals surface area contributed by atoms with Gasteiger partial charge in [-0.3, -0.25) is 4.79 Å². The molecule has 13 heavy (non-hydrogen) atoms. The van der Waals surface area contributed by atoms with Gasteiger partial charge in [0.2, 0.25) is 5.91 Å². The standard InChI is InChI=1S/C11H23NO/c1-9(2)7-6-8-11(4,5)12-10(3)13/h9H,6-8H2,1-5H3,(H,12,13). The first-order valence-electron chi connectivity index (χ1n) is 5.12. The van der Waals surface area contributed by atoms with Crippen molar-refractivity contribution in [1.82, 2.24) is 5.32 Å². The molecular formula is C11H23NO. The molecule has 1 amide bonds. The van der Waals surface area contributed by atoms with Gasteiger partial charge < -0.3 is 5.32 Å². The molecule has 0 saturated carbocycles. The minimum Gasteiger partial charge on any atom is -0.351 e. The highest BCUT2D eigenvalue weighted by Gasteiger charge is 2.17. The summed E-state index contributed by atoms with van der Waals surface area (Å²) in [6.45, 7) is 10.2. The number of nitrogens with one attached hydrogen (secondary N) is 1. The van der Waals surface area contributed by atoms with Crippen molar-refractivity contribution in [3.63, 3.8) is 0 Å². The predicted octanol–water partition coefficient (Wildman–Crippen LogP) is 2.73. The van der Waals surface area contributed by atoms with Gasteiger partial charge in [-0.05, 0) is 26.2 Å². The van der Waals surface area contributed by atoms with Crippen LogP contribution in [0.15, 0.2) is 0 Å². The van der Waals surface area contributed by atoms with Crippen molar-refractivity contribution in [3.05, 3.63) is 0 Å². The number of hydrogen-bond acceptors (Lipinski definition) is 1. The van der Waals surface area contributed by atoms with Crippen LogP contribution in [0.4, 0.5) is 0 Å². The van der Waals surface area contributed by atoms with Crippen LogP contribution in [0.3, 0.4) is 0 Å².